The van der Waals surface area contributed by atoms with E-state index >= 15 is 0 Å². The molecule has 4 unspecified atom stereocenters. The SMILES string of the molecule is Cc1cnc(NC(=O)CC[C@@H]2CC(=NCC(C)C)[C@@]3(C)CCC4C(CCC5=CC(O)=CCC54C)C23)s1. The zero-order valence-electron chi connectivity index (χ0n) is 22.6. The summed E-state index contributed by atoms with van der Waals surface area (Å²) in [5.41, 5.74) is 3.18. The average molecular weight is 510 g/mol. The molecule has 0 spiro atoms. The highest BCUT2D eigenvalue weighted by molar-refractivity contribution is 7.15. The minimum Gasteiger partial charge on any atom is -0.508 e. The molecule has 2 N–H and O–H groups in total. The highest BCUT2D eigenvalue weighted by Gasteiger charge is 2.60. The molecule has 0 aliphatic heterocycles. The average Bonchev–Trinajstić information content (AvgIpc) is 3.36. The van der Waals surface area contributed by atoms with Crippen molar-refractivity contribution in [2.24, 2.45) is 45.4 Å². The summed E-state index contributed by atoms with van der Waals surface area (Å²) in [6.45, 7) is 12.4. The van der Waals surface area contributed by atoms with Gasteiger partial charge < -0.3 is 10.4 Å². The second kappa shape index (κ2) is 9.74. The Balaban J connectivity index is 1.39. The number of aryl methyl sites for hydroxylation is 1. The van der Waals surface area contributed by atoms with Gasteiger partial charge in [0.05, 0.1) is 0 Å². The quantitative estimate of drug-likeness (QED) is 0.417. The number of hydrogen-bond donors (Lipinski definition) is 2. The maximum absolute atomic E-state index is 12.9. The van der Waals surface area contributed by atoms with Crippen LogP contribution in [0, 0.1) is 47.3 Å². The van der Waals surface area contributed by atoms with E-state index < -0.39 is 0 Å². The van der Waals surface area contributed by atoms with Gasteiger partial charge in [0, 0.05) is 35.2 Å². The van der Waals surface area contributed by atoms with Gasteiger partial charge in [0.2, 0.25) is 5.91 Å². The summed E-state index contributed by atoms with van der Waals surface area (Å²) in [7, 11) is 0. The van der Waals surface area contributed by atoms with Crippen LogP contribution in [0.1, 0.15) is 83.9 Å². The van der Waals surface area contributed by atoms with Gasteiger partial charge in [0.15, 0.2) is 5.13 Å². The fourth-order valence-corrected chi connectivity index (χ4v) is 8.88. The number of carbonyl (C=O) groups is 1. The Kier molecular flexibility index (Phi) is 6.95. The predicted octanol–water partition coefficient (Wildman–Crippen LogP) is 7.51. The van der Waals surface area contributed by atoms with Crippen LogP contribution in [-0.4, -0.2) is 28.3 Å². The minimum atomic E-state index is 0.0831. The molecule has 3 saturated carbocycles. The fraction of sp³-hybridized carbons (Fsp3) is 0.700. The summed E-state index contributed by atoms with van der Waals surface area (Å²) < 4.78 is 0. The Hall–Kier alpha value is -1.95. The number of aliphatic hydroxyl groups excluding tert-OH is 1. The van der Waals surface area contributed by atoms with E-state index in [1.54, 1.807) is 0 Å². The van der Waals surface area contributed by atoms with Gasteiger partial charge in [-0.05, 0) is 99.0 Å². The van der Waals surface area contributed by atoms with Crippen LogP contribution >= 0.6 is 11.3 Å². The molecule has 6 heteroatoms. The van der Waals surface area contributed by atoms with Crippen LogP contribution in [0.5, 0.6) is 0 Å². The molecule has 1 amide bonds. The van der Waals surface area contributed by atoms with Gasteiger partial charge in [0.25, 0.3) is 0 Å². The number of amides is 1. The summed E-state index contributed by atoms with van der Waals surface area (Å²) >= 11 is 1.54. The topological polar surface area (TPSA) is 74.6 Å². The van der Waals surface area contributed by atoms with Crippen LogP contribution in [-0.2, 0) is 4.79 Å². The Morgan fingerprint density at radius 1 is 1.31 bits per heavy atom. The second-order valence-corrected chi connectivity index (χ2v) is 14.0. The molecule has 0 radical (unpaired) electrons. The standard InChI is InChI=1S/C30H43N3O2S/c1-18(2)16-31-25-14-20(6-9-26(35)33-28-32-17-19(3)36-28)27-23-8-7-21-15-22(34)10-12-29(21,4)24(23)11-13-30(25,27)5/h10,15,17-18,20,23-24,27,34H,6-9,11-14,16H2,1-5H3,(H,32,33,35)/t20-,23?,24?,27?,29?,30-/m1/s1. The van der Waals surface area contributed by atoms with Crippen molar-refractivity contribution in [3.05, 3.63) is 34.6 Å². The Morgan fingerprint density at radius 2 is 2.11 bits per heavy atom. The van der Waals surface area contributed by atoms with Crippen molar-refractivity contribution < 1.29 is 9.90 Å². The van der Waals surface area contributed by atoms with E-state index in [1.807, 2.05) is 19.2 Å². The van der Waals surface area contributed by atoms with Crippen molar-refractivity contribution in [3.8, 4) is 0 Å². The maximum Gasteiger partial charge on any atom is 0.226 e. The summed E-state index contributed by atoms with van der Waals surface area (Å²) in [6.07, 6.45) is 14.1. The first-order valence-electron chi connectivity index (χ1n) is 14.0. The summed E-state index contributed by atoms with van der Waals surface area (Å²) in [5, 5.41) is 13.9. The fourth-order valence-electron chi connectivity index (χ4n) is 8.20. The van der Waals surface area contributed by atoms with Gasteiger partial charge in [-0.3, -0.25) is 9.79 Å². The number of carbonyl (C=O) groups excluding carboxylic acids is 1. The van der Waals surface area contributed by atoms with Crippen molar-refractivity contribution in [1.29, 1.82) is 0 Å². The third kappa shape index (κ3) is 4.59. The molecule has 3 fully saturated rings. The molecule has 5 rings (SSSR count). The van der Waals surface area contributed by atoms with Crippen LogP contribution in [0.4, 0.5) is 5.13 Å². The minimum absolute atomic E-state index is 0.0831. The van der Waals surface area contributed by atoms with Crippen LogP contribution in [0.15, 0.2) is 34.7 Å². The third-order valence-electron chi connectivity index (χ3n) is 9.92. The molecule has 196 valence electrons. The molecule has 4 aliphatic rings. The van der Waals surface area contributed by atoms with Gasteiger partial charge in [0.1, 0.15) is 5.76 Å². The lowest BCUT2D eigenvalue weighted by atomic mass is 9.47. The number of aliphatic imine (C=N–C) groups is 1. The number of fused-ring (bicyclic) bond motifs is 5. The molecule has 0 saturated heterocycles. The van der Waals surface area contributed by atoms with Crippen LogP contribution in [0.3, 0.4) is 0 Å². The van der Waals surface area contributed by atoms with E-state index in [0.717, 1.165) is 37.1 Å². The number of thiazole rings is 1. The molecule has 0 bridgehead atoms. The largest absolute Gasteiger partial charge is 0.508 e. The zero-order valence-corrected chi connectivity index (χ0v) is 23.5. The first-order valence-corrected chi connectivity index (χ1v) is 14.8. The second-order valence-electron chi connectivity index (χ2n) is 12.7. The molecular formula is C30H43N3O2S. The lowest BCUT2D eigenvalue weighted by Gasteiger charge is -2.57. The van der Waals surface area contributed by atoms with Gasteiger partial charge in [-0.1, -0.05) is 33.3 Å². The Labute approximate surface area is 220 Å². The van der Waals surface area contributed by atoms with Crippen LogP contribution in [0.25, 0.3) is 0 Å². The maximum atomic E-state index is 12.9. The number of nitrogens with zero attached hydrogens (tertiary/aromatic N) is 2. The van der Waals surface area contributed by atoms with Gasteiger partial charge in [-0.15, -0.1) is 11.3 Å². The summed E-state index contributed by atoms with van der Waals surface area (Å²) in [4.78, 5) is 23.5. The molecule has 1 aromatic heterocycles. The van der Waals surface area contributed by atoms with Crippen LogP contribution < -0.4 is 5.32 Å². The molecule has 1 aromatic rings. The highest BCUT2D eigenvalue weighted by atomic mass is 32.1. The number of anilines is 1. The Bertz CT molecular complexity index is 1100. The van der Waals surface area contributed by atoms with E-state index in [9.17, 15) is 9.90 Å². The molecule has 6 atom stereocenters. The zero-order chi connectivity index (χ0) is 25.7. The van der Waals surface area contributed by atoms with Gasteiger partial charge >= 0.3 is 0 Å². The van der Waals surface area contributed by atoms with E-state index in [4.69, 9.17) is 4.99 Å². The lowest BCUT2D eigenvalue weighted by molar-refractivity contribution is -0.116. The normalized spacial score (nSPS) is 36.7. The highest BCUT2D eigenvalue weighted by Crippen LogP contribution is 2.66. The van der Waals surface area contributed by atoms with Gasteiger partial charge in [-0.25, -0.2) is 4.98 Å². The van der Waals surface area contributed by atoms with E-state index in [2.05, 4.69) is 44.1 Å². The summed E-state index contributed by atoms with van der Waals surface area (Å²) in [6, 6.07) is 0. The monoisotopic (exact) mass is 509 g/mol. The van der Waals surface area contributed by atoms with Crippen molar-refractivity contribution in [1.82, 2.24) is 4.98 Å². The van der Waals surface area contributed by atoms with Crippen molar-refractivity contribution in [2.75, 3.05) is 11.9 Å². The number of allylic oxidation sites excluding steroid dienone is 3. The summed E-state index contributed by atoms with van der Waals surface area (Å²) in [5.74, 6) is 3.46. The van der Waals surface area contributed by atoms with E-state index in [1.165, 1.54) is 41.9 Å². The molecule has 5 nitrogen and oxygen atoms in total. The number of rotatable bonds is 6. The van der Waals surface area contributed by atoms with Crippen molar-refractivity contribution in [2.45, 2.75) is 86.0 Å². The van der Waals surface area contributed by atoms with Crippen molar-refractivity contribution >= 4 is 28.1 Å². The van der Waals surface area contributed by atoms with Crippen molar-refractivity contribution in [3.63, 3.8) is 0 Å². The predicted molar refractivity (Wildman–Crippen MR) is 149 cm³/mol. The van der Waals surface area contributed by atoms with Gasteiger partial charge in [-0.2, -0.15) is 0 Å². The third-order valence-corrected chi connectivity index (χ3v) is 10.8. The molecular weight excluding hydrogens is 466 g/mol. The van der Waals surface area contributed by atoms with Crippen LogP contribution in [0.2, 0.25) is 0 Å². The molecule has 0 aromatic carbocycles. The first-order chi connectivity index (χ1) is 17.1. The number of aliphatic hydroxyl groups is 1. The molecule has 4 aliphatic carbocycles. The number of aromatic nitrogens is 1. The number of nitrogens with one attached hydrogen (secondary N) is 1. The lowest BCUT2D eigenvalue weighted by Crippen LogP contribution is -2.51. The molecule has 1 heterocycles. The molecule has 36 heavy (non-hydrogen) atoms. The Morgan fingerprint density at radius 3 is 2.83 bits per heavy atom. The number of hydrogen-bond acceptors (Lipinski definition) is 5. The smallest absolute Gasteiger partial charge is 0.226 e. The first kappa shape index (κ1) is 25.7. The van der Waals surface area contributed by atoms with E-state index in [-0.39, 0.29) is 16.7 Å². The van der Waals surface area contributed by atoms with E-state index in [0.29, 0.717) is 46.9 Å².